The van der Waals surface area contributed by atoms with E-state index in [1.807, 2.05) is 4.90 Å². The molecule has 110 valence electrons. The first-order valence-corrected chi connectivity index (χ1v) is 7.60. The van der Waals surface area contributed by atoms with E-state index in [-0.39, 0.29) is 16.5 Å². The minimum atomic E-state index is -4.34. The molecule has 0 unspecified atom stereocenters. The van der Waals surface area contributed by atoms with Gasteiger partial charge in [-0.05, 0) is 18.2 Å². The average Bonchev–Trinajstić information content (AvgIpc) is 2.38. The smallest absolute Gasteiger partial charge is 0.296 e. The van der Waals surface area contributed by atoms with Crippen LogP contribution in [0.2, 0.25) is 0 Å². The molecular weight excluding hydrogens is 282 g/mol. The summed E-state index contributed by atoms with van der Waals surface area (Å²) in [6.07, 6.45) is 0. The van der Waals surface area contributed by atoms with E-state index in [4.69, 9.17) is 5.73 Å². The molecule has 0 saturated carbocycles. The van der Waals surface area contributed by atoms with Crippen molar-refractivity contribution < 1.29 is 17.8 Å². The number of amides is 1. The highest BCUT2D eigenvalue weighted by atomic mass is 32.2. The van der Waals surface area contributed by atoms with Gasteiger partial charge in [-0.2, -0.15) is 8.42 Å². The third-order valence-corrected chi connectivity index (χ3v) is 4.21. The molecule has 1 fully saturated rings. The second kappa shape index (κ2) is 5.29. The maximum Gasteiger partial charge on any atom is 0.296 e. The number of hydrogen-bond acceptors (Lipinski definition) is 5. The summed E-state index contributed by atoms with van der Waals surface area (Å²) in [7, 11) is -4.34. The highest BCUT2D eigenvalue weighted by Gasteiger charge is 2.24. The van der Waals surface area contributed by atoms with Crippen LogP contribution in [0.1, 0.15) is 6.92 Å². The van der Waals surface area contributed by atoms with Gasteiger partial charge in [0.2, 0.25) is 5.91 Å². The molecule has 0 aromatic heterocycles. The van der Waals surface area contributed by atoms with Gasteiger partial charge in [-0.1, -0.05) is 0 Å². The summed E-state index contributed by atoms with van der Waals surface area (Å²) in [4.78, 5) is 14.6. The number of rotatable bonds is 2. The number of nitrogens with zero attached hydrogens (tertiary/aromatic N) is 2. The van der Waals surface area contributed by atoms with Gasteiger partial charge < -0.3 is 15.5 Å². The van der Waals surface area contributed by atoms with E-state index in [2.05, 4.69) is 0 Å². The van der Waals surface area contributed by atoms with Crippen molar-refractivity contribution in [2.75, 3.05) is 36.8 Å². The summed E-state index contributed by atoms with van der Waals surface area (Å²) in [5, 5.41) is 0. The number of nitrogens with two attached hydrogens (primary N) is 1. The lowest BCUT2D eigenvalue weighted by Gasteiger charge is -2.36. The average molecular weight is 299 g/mol. The van der Waals surface area contributed by atoms with Gasteiger partial charge in [-0.25, -0.2) is 0 Å². The Bertz CT molecular complexity index is 622. The van der Waals surface area contributed by atoms with Gasteiger partial charge in [-0.3, -0.25) is 9.35 Å². The lowest BCUT2D eigenvalue weighted by molar-refractivity contribution is -0.129. The Hall–Kier alpha value is -1.80. The van der Waals surface area contributed by atoms with Crippen LogP contribution in [0.4, 0.5) is 11.4 Å². The molecule has 2 rings (SSSR count). The molecule has 1 aliphatic heterocycles. The van der Waals surface area contributed by atoms with E-state index in [0.717, 1.165) is 0 Å². The maximum atomic E-state index is 11.4. The van der Waals surface area contributed by atoms with E-state index >= 15 is 0 Å². The van der Waals surface area contributed by atoms with Crippen molar-refractivity contribution >= 4 is 27.4 Å². The fraction of sp³-hybridized carbons (Fsp3) is 0.417. The molecule has 1 amide bonds. The molecule has 1 heterocycles. The van der Waals surface area contributed by atoms with E-state index in [1.54, 1.807) is 17.0 Å². The molecule has 3 N–H and O–H groups in total. The third-order valence-electron chi connectivity index (χ3n) is 3.33. The molecule has 1 aromatic rings. The fourth-order valence-corrected chi connectivity index (χ4v) is 3.01. The van der Waals surface area contributed by atoms with Crippen LogP contribution < -0.4 is 10.6 Å². The molecule has 1 aromatic carbocycles. The van der Waals surface area contributed by atoms with E-state index in [1.165, 1.54) is 13.0 Å². The highest BCUT2D eigenvalue weighted by molar-refractivity contribution is 7.86. The van der Waals surface area contributed by atoms with Crippen molar-refractivity contribution in [3.63, 3.8) is 0 Å². The molecule has 0 aliphatic carbocycles. The number of benzene rings is 1. The first kappa shape index (κ1) is 14.6. The lowest BCUT2D eigenvalue weighted by Crippen LogP contribution is -2.48. The van der Waals surface area contributed by atoms with Gasteiger partial charge in [0, 0.05) is 38.8 Å². The molecule has 7 nitrogen and oxygen atoms in total. The summed E-state index contributed by atoms with van der Waals surface area (Å²) in [6.45, 7) is 3.55. The number of piperazine rings is 1. The number of carbonyl (C=O) groups excluding carboxylic acids is 1. The molecular formula is C12H17N3O4S. The zero-order valence-electron chi connectivity index (χ0n) is 11.1. The largest absolute Gasteiger partial charge is 0.399 e. The summed E-state index contributed by atoms with van der Waals surface area (Å²) < 4.78 is 32.2. The van der Waals surface area contributed by atoms with Gasteiger partial charge in [0.05, 0.1) is 5.69 Å². The quantitative estimate of drug-likeness (QED) is 0.596. The Labute approximate surface area is 117 Å². The Morgan fingerprint density at radius 1 is 1.25 bits per heavy atom. The molecule has 1 aliphatic rings. The van der Waals surface area contributed by atoms with Gasteiger partial charge in [0.15, 0.2) is 0 Å². The standard InChI is InChI=1S/C12H17N3O4S/c1-9(16)14-4-6-15(7-5-14)11-3-2-10(13)8-12(11)20(17,18)19/h2-3,8H,4-7,13H2,1H3,(H,17,18,19). The topological polar surface area (TPSA) is 104 Å². The Morgan fingerprint density at radius 2 is 1.85 bits per heavy atom. The van der Waals surface area contributed by atoms with Crippen molar-refractivity contribution in [2.45, 2.75) is 11.8 Å². The predicted molar refractivity (Wildman–Crippen MR) is 75.1 cm³/mol. The zero-order chi connectivity index (χ0) is 14.9. The van der Waals surface area contributed by atoms with Crippen molar-refractivity contribution in [1.82, 2.24) is 4.90 Å². The molecule has 20 heavy (non-hydrogen) atoms. The summed E-state index contributed by atoms with van der Waals surface area (Å²) in [5.74, 6) is -0.00282. The van der Waals surface area contributed by atoms with Gasteiger partial charge in [0.25, 0.3) is 10.1 Å². The number of carbonyl (C=O) groups is 1. The summed E-state index contributed by atoms with van der Waals surface area (Å²) in [5.41, 5.74) is 6.24. The monoisotopic (exact) mass is 299 g/mol. The molecule has 0 atom stereocenters. The van der Waals surface area contributed by atoms with E-state index in [0.29, 0.717) is 31.9 Å². The van der Waals surface area contributed by atoms with Crippen LogP contribution in [0.3, 0.4) is 0 Å². The van der Waals surface area contributed by atoms with Gasteiger partial charge in [-0.15, -0.1) is 0 Å². The van der Waals surface area contributed by atoms with Crippen LogP contribution in [-0.2, 0) is 14.9 Å². The van der Waals surface area contributed by atoms with Gasteiger partial charge in [0.1, 0.15) is 4.90 Å². The molecule has 1 saturated heterocycles. The van der Waals surface area contributed by atoms with E-state index < -0.39 is 10.1 Å². The molecule has 8 heteroatoms. The van der Waals surface area contributed by atoms with Crippen LogP contribution >= 0.6 is 0 Å². The van der Waals surface area contributed by atoms with Crippen molar-refractivity contribution in [3.8, 4) is 0 Å². The van der Waals surface area contributed by atoms with Crippen LogP contribution in [0.5, 0.6) is 0 Å². The summed E-state index contributed by atoms with van der Waals surface area (Å²) >= 11 is 0. The molecule has 0 spiro atoms. The highest BCUT2D eigenvalue weighted by Crippen LogP contribution is 2.28. The van der Waals surface area contributed by atoms with Crippen molar-refractivity contribution in [2.24, 2.45) is 0 Å². The first-order chi connectivity index (χ1) is 9.29. The van der Waals surface area contributed by atoms with E-state index in [9.17, 15) is 17.8 Å². The van der Waals surface area contributed by atoms with Crippen LogP contribution in [-0.4, -0.2) is 50.0 Å². The van der Waals surface area contributed by atoms with Crippen LogP contribution in [0.25, 0.3) is 0 Å². The Morgan fingerprint density at radius 3 is 2.35 bits per heavy atom. The van der Waals surface area contributed by atoms with Crippen molar-refractivity contribution in [3.05, 3.63) is 18.2 Å². The second-order valence-corrected chi connectivity index (χ2v) is 6.09. The van der Waals surface area contributed by atoms with Gasteiger partial charge >= 0.3 is 0 Å². The number of hydrogen-bond donors (Lipinski definition) is 2. The third kappa shape index (κ3) is 3.02. The molecule has 0 radical (unpaired) electrons. The molecule has 0 bridgehead atoms. The minimum absolute atomic E-state index is 0.00282. The first-order valence-electron chi connectivity index (χ1n) is 6.16. The summed E-state index contributed by atoms with van der Waals surface area (Å²) in [6, 6.07) is 4.39. The minimum Gasteiger partial charge on any atom is -0.399 e. The number of anilines is 2. The predicted octanol–water partition coefficient (Wildman–Crippen LogP) is 0.184. The number of nitrogen functional groups attached to an aromatic ring is 1. The fourth-order valence-electron chi connectivity index (χ4n) is 2.26. The zero-order valence-corrected chi connectivity index (χ0v) is 11.9. The Kier molecular flexibility index (Phi) is 3.87. The van der Waals surface area contributed by atoms with Crippen LogP contribution in [0, 0.1) is 0 Å². The maximum absolute atomic E-state index is 11.4. The Balaban J connectivity index is 2.29. The second-order valence-electron chi connectivity index (χ2n) is 4.70. The van der Waals surface area contributed by atoms with Crippen LogP contribution in [0.15, 0.2) is 23.1 Å². The SMILES string of the molecule is CC(=O)N1CCN(c2ccc(N)cc2S(=O)(=O)O)CC1. The lowest BCUT2D eigenvalue weighted by atomic mass is 10.2. The van der Waals surface area contributed by atoms with Crippen molar-refractivity contribution in [1.29, 1.82) is 0 Å². The normalized spacial score (nSPS) is 16.3.